The number of nitrogens with zero attached hydrogens (tertiary/aromatic N) is 2. The number of amides is 1. The first-order valence-electron chi connectivity index (χ1n) is 6.61. The summed E-state index contributed by atoms with van der Waals surface area (Å²) in [4.78, 5) is 42.0. The number of H-pyrrole nitrogens is 1. The lowest BCUT2D eigenvalue weighted by atomic mass is 9.88. The molecule has 0 saturated carbocycles. The van der Waals surface area contributed by atoms with Gasteiger partial charge in [0.2, 0.25) is 0 Å². The number of aromatic amines is 1. The molecule has 2 atom stereocenters. The van der Waals surface area contributed by atoms with E-state index in [2.05, 4.69) is 9.97 Å². The number of aliphatic carboxylic acids is 1. The number of carbonyl (C=O) groups excluding carboxylic acids is 1. The maximum absolute atomic E-state index is 12.3. The van der Waals surface area contributed by atoms with E-state index < -0.39 is 23.5 Å². The van der Waals surface area contributed by atoms with Crippen LogP contribution >= 0.6 is 0 Å². The van der Waals surface area contributed by atoms with Crippen LogP contribution < -0.4 is 5.56 Å². The van der Waals surface area contributed by atoms with Crippen LogP contribution in [0.3, 0.4) is 0 Å². The number of likely N-dealkylation sites (tertiary alicyclic amines) is 1. The average Bonchev–Trinajstić information content (AvgIpc) is 2.46. The SMILES string of the molecule is CCC1CCN(C(=O)c2c[nH]c(=O)cn2)C(C(=O)O)C1. The number of rotatable bonds is 3. The first kappa shape index (κ1) is 14.2. The Hall–Kier alpha value is -2.18. The molecular formula is C13H17N3O4. The lowest BCUT2D eigenvalue weighted by Gasteiger charge is -2.36. The Kier molecular flexibility index (Phi) is 4.16. The zero-order valence-electron chi connectivity index (χ0n) is 11.2. The third kappa shape index (κ3) is 2.87. The van der Waals surface area contributed by atoms with Crippen molar-refractivity contribution in [2.24, 2.45) is 5.92 Å². The Bertz CT molecular complexity index is 548. The molecule has 2 unspecified atom stereocenters. The average molecular weight is 279 g/mol. The Morgan fingerprint density at radius 3 is 2.85 bits per heavy atom. The molecular weight excluding hydrogens is 262 g/mol. The Morgan fingerprint density at radius 1 is 1.55 bits per heavy atom. The predicted octanol–water partition coefficient (Wildman–Crippen LogP) is 0.485. The van der Waals surface area contributed by atoms with Gasteiger partial charge in [-0.15, -0.1) is 0 Å². The normalized spacial score (nSPS) is 22.6. The highest BCUT2D eigenvalue weighted by Crippen LogP contribution is 2.26. The first-order chi connectivity index (χ1) is 9.52. The summed E-state index contributed by atoms with van der Waals surface area (Å²) in [6.45, 7) is 2.42. The van der Waals surface area contributed by atoms with E-state index in [0.717, 1.165) is 19.0 Å². The van der Waals surface area contributed by atoms with Gasteiger partial charge in [0.25, 0.3) is 11.5 Å². The summed E-state index contributed by atoms with van der Waals surface area (Å²) in [6, 6.07) is -0.824. The van der Waals surface area contributed by atoms with E-state index in [1.807, 2.05) is 6.92 Å². The molecule has 0 aliphatic carbocycles. The van der Waals surface area contributed by atoms with Crippen LogP contribution in [0.25, 0.3) is 0 Å². The quantitative estimate of drug-likeness (QED) is 0.837. The number of carboxylic acid groups (broad SMARTS) is 1. The molecule has 1 aromatic rings. The van der Waals surface area contributed by atoms with Crippen molar-refractivity contribution in [2.45, 2.75) is 32.2 Å². The van der Waals surface area contributed by atoms with Crippen molar-refractivity contribution in [3.63, 3.8) is 0 Å². The number of piperidine rings is 1. The Morgan fingerprint density at radius 2 is 2.30 bits per heavy atom. The third-order valence-electron chi connectivity index (χ3n) is 3.73. The van der Waals surface area contributed by atoms with Gasteiger partial charge < -0.3 is 15.0 Å². The minimum atomic E-state index is -0.999. The van der Waals surface area contributed by atoms with Crippen molar-refractivity contribution < 1.29 is 14.7 Å². The Labute approximate surface area is 115 Å². The molecule has 7 nitrogen and oxygen atoms in total. The summed E-state index contributed by atoms with van der Waals surface area (Å²) in [6.07, 6.45) is 4.39. The second kappa shape index (κ2) is 5.85. The second-order valence-electron chi connectivity index (χ2n) is 4.95. The van der Waals surface area contributed by atoms with Gasteiger partial charge in [0, 0.05) is 12.7 Å². The number of carbonyl (C=O) groups is 2. The van der Waals surface area contributed by atoms with Gasteiger partial charge in [0.15, 0.2) is 0 Å². The minimum Gasteiger partial charge on any atom is -0.480 e. The standard InChI is InChI=1S/C13H17N3O4/c1-2-8-3-4-16(10(5-8)13(19)20)12(18)9-6-15-11(17)7-14-9/h6-8,10H,2-5H2,1H3,(H,15,17)(H,19,20). The number of aromatic nitrogens is 2. The van der Waals surface area contributed by atoms with Crippen molar-refractivity contribution in [1.29, 1.82) is 0 Å². The fourth-order valence-corrected chi connectivity index (χ4v) is 2.49. The molecule has 2 rings (SSSR count). The zero-order chi connectivity index (χ0) is 14.7. The van der Waals surface area contributed by atoms with E-state index in [1.54, 1.807) is 0 Å². The fourth-order valence-electron chi connectivity index (χ4n) is 2.49. The number of nitrogens with one attached hydrogen (secondary N) is 1. The molecule has 2 heterocycles. The molecule has 1 amide bonds. The lowest BCUT2D eigenvalue weighted by Crippen LogP contribution is -2.50. The molecule has 0 spiro atoms. The first-order valence-corrected chi connectivity index (χ1v) is 6.61. The molecule has 20 heavy (non-hydrogen) atoms. The van der Waals surface area contributed by atoms with Crippen molar-refractivity contribution in [1.82, 2.24) is 14.9 Å². The summed E-state index contributed by atoms with van der Waals surface area (Å²) in [5.74, 6) is -1.13. The van der Waals surface area contributed by atoms with Crippen LogP contribution in [0.5, 0.6) is 0 Å². The van der Waals surface area contributed by atoms with Gasteiger partial charge in [-0.2, -0.15) is 0 Å². The summed E-state index contributed by atoms with van der Waals surface area (Å²) < 4.78 is 0. The van der Waals surface area contributed by atoms with Gasteiger partial charge in [0.1, 0.15) is 11.7 Å². The minimum absolute atomic E-state index is 0.0609. The maximum Gasteiger partial charge on any atom is 0.326 e. The highest BCUT2D eigenvalue weighted by molar-refractivity contribution is 5.94. The van der Waals surface area contributed by atoms with E-state index in [-0.39, 0.29) is 5.69 Å². The molecule has 1 aromatic heterocycles. The number of hydrogen-bond acceptors (Lipinski definition) is 4. The van der Waals surface area contributed by atoms with Gasteiger partial charge >= 0.3 is 5.97 Å². The van der Waals surface area contributed by atoms with E-state index in [1.165, 1.54) is 11.1 Å². The monoisotopic (exact) mass is 279 g/mol. The summed E-state index contributed by atoms with van der Waals surface area (Å²) >= 11 is 0. The van der Waals surface area contributed by atoms with Crippen LogP contribution in [0.15, 0.2) is 17.2 Å². The fraction of sp³-hybridized carbons (Fsp3) is 0.538. The summed E-state index contributed by atoms with van der Waals surface area (Å²) in [5.41, 5.74) is -0.341. The van der Waals surface area contributed by atoms with Crippen LogP contribution in [0, 0.1) is 5.92 Å². The van der Waals surface area contributed by atoms with E-state index >= 15 is 0 Å². The highest BCUT2D eigenvalue weighted by Gasteiger charge is 2.36. The molecule has 1 fully saturated rings. The Balaban J connectivity index is 2.21. The second-order valence-corrected chi connectivity index (χ2v) is 4.95. The van der Waals surface area contributed by atoms with Crippen LogP contribution in [0.1, 0.15) is 36.7 Å². The van der Waals surface area contributed by atoms with Crippen molar-refractivity contribution >= 4 is 11.9 Å². The largest absolute Gasteiger partial charge is 0.480 e. The lowest BCUT2D eigenvalue weighted by molar-refractivity contribution is -0.144. The van der Waals surface area contributed by atoms with Crippen LogP contribution in [0.4, 0.5) is 0 Å². The molecule has 1 aliphatic heterocycles. The van der Waals surface area contributed by atoms with Crippen molar-refractivity contribution in [2.75, 3.05) is 6.54 Å². The predicted molar refractivity (Wildman–Crippen MR) is 70.3 cm³/mol. The van der Waals surface area contributed by atoms with E-state index in [9.17, 15) is 19.5 Å². The van der Waals surface area contributed by atoms with E-state index in [4.69, 9.17) is 0 Å². The summed E-state index contributed by atoms with van der Waals surface area (Å²) in [5, 5.41) is 9.29. The molecule has 1 saturated heterocycles. The highest BCUT2D eigenvalue weighted by atomic mass is 16.4. The van der Waals surface area contributed by atoms with Crippen molar-refractivity contribution in [3.8, 4) is 0 Å². The van der Waals surface area contributed by atoms with Crippen molar-refractivity contribution in [3.05, 3.63) is 28.4 Å². The zero-order valence-corrected chi connectivity index (χ0v) is 11.2. The van der Waals surface area contributed by atoms with Crippen LogP contribution in [-0.4, -0.2) is 44.4 Å². The number of hydrogen-bond donors (Lipinski definition) is 2. The summed E-state index contributed by atoms with van der Waals surface area (Å²) in [7, 11) is 0. The van der Waals surface area contributed by atoms with Gasteiger partial charge in [-0.05, 0) is 18.8 Å². The van der Waals surface area contributed by atoms with Gasteiger partial charge in [0.05, 0.1) is 6.20 Å². The van der Waals surface area contributed by atoms with E-state index in [0.29, 0.717) is 18.9 Å². The van der Waals surface area contributed by atoms with Gasteiger partial charge in [-0.1, -0.05) is 13.3 Å². The molecule has 0 radical (unpaired) electrons. The third-order valence-corrected chi connectivity index (χ3v) is 3.73. The number of carboxylic acids is 1. The van der Waals surface area contributed by atoms with Crippen LogP contribution in [-0.2, 0) is 4.79 Å². The maximum atomic E-state index is 12.3. The van der Waals surface area contributed by atoms with Gasteiger partial charge in [-0.25, -0.2) is 9.78 Å². The molecule has 7 heteroatoms. The molecule has 108 valence electrons. The molecule has 0 aromatic carbocycles. The van der Waals surface area contributed by atoms with Gasteiger partial charge in [-0.3, -0.25) is 9.59 Å². The topological polar surface area (TPSA) is 103 Å². The smallest absolute Gasteiger partial charge is 0.326 e. The molecule has 2 N–H and O–H groups in total. The van der Waals surface area contributed by atoms with Crippen LogP contribution in [0.2, 0.25) is 0 Å². The molecule has 1 aliphatic rings. The molecule has 0 bridgehead atoms.